The standard InChI is InChI=1S/C23H33O2P/c1-17-11-9-10-12-20(17)25-26-23(8,22(5,6)7)24-19-15-13-18(14-16-19)21(2,3)4/h9-16,26H,1-8H3. The smallest absolute Gasteiger partial charge is 0.162 e. The summed E-state index contributed by atoms with van der Waals surface area (Å²) in [5, 5.41) is -0.432. The van der Waals surface area contributed by atoms with E-state index < -0.39 is 5.34 Å². The fourth-order valence-electron chi connectivity index (χ4n) is 2.41. The van der Waals surface area contributed by atoms with E-state index in [-0.39, 0.29) is 19.6 Å². The van der Waals surface area contributed by atoms with Crippen molar-refractivity contribution >= 4 is 8.81 Å². The van der Waals surface area contributed by atoms with Gasteiger partial charge >= 0.3 is 0 Å². The maximum atomic E-state index is 6.48. The molecule has 142 valence electrons. The van der Waals surface area contributed by atoms with Gasteiger partial charge in [0.1, 0.15) is 20.3 Å². The van der Waals surface area contributed by atoms with E-state index in [0.29, 0.717) is 0 Å². The number of ether oxygens (including phenoxy) is 1. The zero-order chi connectivity index (χ0) is 19.6. The molecular weight excluding hydrogens is 339 g/mol. The van der Waals surface area contributed by atoms with Crippen molar-refractivity contribution in [2.75, 3.05) is 0 Å². The predicted octanol–water partition coefficient (Wildman–Crippen LogP) is 7.11. The highest BCUT2D eigenvalue weighted by molar-refractivity contribution is 7.34. The van der Waals surface area contributed by atoms with Gasteiger partial charge < -0.3 is 9.26 Å². The molecule has 0 bridgehead atoms. The summed E-state index contributed by atoms with van der Waals surface area (Å²) in [6.45, 7) is 17.5. The lowest BCUT2D eigenvalue weighted by molar-refractivity contribution is 0.0605. The first-order valence-corrected chi connectivity index (χ1v) is 10.1. The largest absolute Gasteiger partial charge is 0.479 e. The fourth-order valence-corrected chi connectivity index (χ4v) is 3.41. The van der Waals surface area contributed by atoms with Gasteiger partial charge in [-0.3, -0.25) is 0 Å². The summed E-state index contributed by atoms with van der Waals surface area (Å²) < 4.78 is 12.7. The number of para-hydroxylation sites is 1. The first kappa shape index (κ1) is 20.8. The lowest BCUT2D eigenvalue weighted by Gasteiger charge is -2.41. The third-order valence-corrected chi connectivity index (χ3v) is 6.49. The van der Waals surface area contributed by atoms with Crippen molar-refractivity contribution in [3.8, 4) is 11.5 Å². The molecule has 0 aliphatic heterocycles. The van der Waals surface area contributed by atoms with Crippen LogP contribution in [-0.4, -0.2) is 5.34 Å². The van der Waals surface area contributed by atoms with E-state index in [1.54, 1.807) is 0 Å². The van der Waals surface area contributed by atoms with Crippen LogP contribution in [0.5, 0.6) is 11.5 Å². The van der Waals surface area contributed by atoms with Crippen LogP contribution in [0.3, 0.4) is 0 Å². The molecule has 0 saturated heterocycles. The zero-order valence-corrected chi connectivity index (χ0v) is 18.4. The lowest BCUT2D eigenvalue weighted by atomic mass is 9.87. The summed E-state index contributed by atoms with van der Waals surface area (Å²) in [5.41, 5.74) is 2.52. The van der Waals surface area contributed by atoms with Crippen LogP contribution in [0.4, 0.5) is 0 Å². The molecule has 26 heavy (non-hydrogen) atoms. The Balaban J connectivity index is 2.20. The summed E-state index contributed by atoms with van der Waals surface area (Å²) in [7, 11) is 0.191. The van der Waals surface area contributed by atoms with Crippen molar-refractivity contribution < 1.29 is 9.26 Å². The summed E-state index contributed by atoms with van der Waals surface area (Å²) in [4.78, 5) is 0. The molecule has 0 fully saturated rings. The zero-order valence-electron chi connectivity index (χ0n) is 17.4. The van der Waals surface area contributed by atoms with Crippen LogP contribution in [0.25, 0.3) is 0 Å². The van der Waals surface area contributed by atoms with Crippen LogP contribution in [0, 0.1) is 12.3 Å². The molecule has 0 amide bonds. The summed E-state index contributed by atoms with van der Waals surface area (Å²) in [6, 6.07) is 16.6. The average Bonchev–Trinajstić information content (AvgIpc) is 2.53. The monoisotopic (exact) mass is 372 g/mol. The Morgan fingerprint density at radius 1 is 0.769 bits per heavy atom. The van der Waals surface area contributed by atoms with Crippen LogP contribution in [-0.2, 0) is 5.41 Å². The van der Waals surface area contributed by atoms with Gasteiger partial charge in [0.2, 0.25) is 0 Å². The molecule has 3 heteroatoms. The molecule has 0 aliphatic carbocycles. The molecule has 2 nitrogen and oxygen atoms in total. The molecule has 2 aromatic rings. The Morgan fingerprint density at radius 2 is 1.35 bits per heavy atom. The van der Waals surface area contributed by atoms with E-state index >= 15 is 0 Å². The van der Waals surface area contributed by atoms with Gasteiger partial charge in [-0.15, -0.1) is 0 Å². The molecular formula is C23H33O2P. The SMILES string of the molecule is Cc1ccccc1OPC(C)(Oc1ccc(C(C)(C)C)cc1)C(C)(C)C. The van der Waals surface area contributed by atoms with Crippen LogP contribution in [0.15, 0.2) is 48.5 Å². The minimum Gasteiger partial charge on any atom is -0.479 e. The van der Waals surface area contributed by atoms with Crippen LogP contribution in [0.1, 0.15) is 59.6 Å². The number of hydrogen-bond donors (Lipinski definition) is 0. The maximum absolute atomic E-state index is 6.48. The van der Waals surface area contributed by atoms with E-state index in [0.717, 1.165) is 17.1 Å². The first-order chi connectivity index (χ1) is 11.9. The Hall–Kier alpha value is -1.53. The summed E-state index contributed by atoms with van der Waals surface area (Å²) >= 11 is 0. The second kappa shape index (κ2) is 7.61. The Bertz CT molecular complexity index is 723. The van der Waals surface area contributed by atoms with Gasteiger partial charge in [-0.1, -0.05) is 71.9 Å². The van der Waals surface area contributed by atoms with E-state index in [1.165, 1.54) is 5.56 Å². The van der Waals surface area contributed by atoms with Gasteiger partial charge in [0.25, 0.3) is 0 Å². The fraction of sp³-hybridized carbons (Fsp3) is 0.478. The summed E-state index contributed by atoms with van der Waals surface area (Å²) in [5.74, 6) is 1.81. The van der Waals surface area contributed by atoms with Crippen LogP contribution >= 0.6 is 8.81 Å². The minimum absolute atomic E-state index is 0.0726. The van der Waals surface area contributed by atoms with Gasteiger partial charge in [-0.2, -0.15) is 0 Å². The second-order valence-corrected chi connectivity index (χ2v) is 10.5. The van der Waals surface area contributed by atoms with E-state index in [1.807, 2.05) is 18.2 Å². The number of benzene rings is 2. The van der Waals surface area contributed by atoms with Crippen molar-refractivity contribution in [1.82, 2.24) is 0 Å². The van der Waals surface area contributed by atoms with Gasteiger partial charge in [-0.05, 0) is 48.6 Å². The maximum Gasteiger partial charge on any atom is 0.162 e. The Kier molecular flexibility index (Phi) is 6.08. The normalized spacial score (nSPS) is 15.1. The molecule has 0 radical (unpaired) electrons. The topological polar surface area (TPSA) is 18.5 Å². The van der Waals surface area contributed by atoms with E-state index in [4.69, 9.17) is 9.26 Å². The van der Waals surface area contributed by atoms with Crippen molar-refractivity contribution in [2.45, 2.75) is 66.1 Å². The Labute approximate surface area is 161 Å². The number of rotatable bonds is 5. The lowest BCUT2D eigenvalue weighted by Crippen LogP contribution is -2.41. The van der Waals surface area contributed by atoms with Gasteiger partial charge in [-0.25, -0.2) is 0 Å². The van der Waals surface area contributed by atoms with Crippen LogP contribution in [0.2, 0.25) is 0 Å². The van der Waals surface area contributed by atoms with Gasteiger partial charge in [0.05, 0.1) is 0 Å². The minimum atomic E-state index is -0.432. The number of aryl methyl sites for hydroxylation is 1. The molecule has 0 N–H and O–H groups in total. The predicted molar refractivity (Wildman–Crippen MR) is 114 cm³/mol. The van der Waals surface area contributed by atoms with Crippen molar-refractivity contribution in [3.05, 3.63) is 59.7 Å². The van der Waals surface area contributed by atoms with Gasteiger partial charge in [0.15, 0.2) is 5.34 Å². The quantitative estimate of drug-likeness (QED) is 0.521. The highest BCUT2D eigenvalue weighted by Gasteiger charge is 2.41. The molecule has 2 unspecified atom stereocenters. The van der Waals surface area contributed by atoms with Crippen molar-refractivity contribution in [2.24, 2.45) is 5.41 Å². The molecule has 2 atom stereocenters. The highest BCUT2D eigenvalue weighted by atomic mass is 31.1. The van der Waals surface area contributed by atoms with Crippen LogP contribution < -0.4 is 9.26 Å². The summed E-state index contributed by atoms with van der Waals surface area (Å²) in [6.07, 6.45) is 0. The molecule has 0 aliphatic rings. The molecule has 0 spiro atoms. The third-order valence-electron chi connectivity index (χ3n) is 4.92. The molecule has 2 rings (SSSR count). The van der Waals surface area contributed by atoms with Gasteiger partial charge in [0, 0.05) is 5.41 Å². The average molecular weight is 372 g/mol. The number of hydrogen-bond acceptors (Lipinski definition) is 2. The third kappa shape index (κ3) is 5.01. The van der Waals surface area contributed by atoms with E-state index in [2.05, 4.69) is 85.7 Å². The highest BCUT2D eigenvalue weighted by Crippen LogP contribution is 2.48. The van der Waals surface area contributed by atoms with E-state index in [9.17, 15) is 0 Å². The van der Waals surface area contributed by atoms with Crippen molar-refractivity contribution in [3.63, 3.8) is 0 Å². The molecule has 0 heterocycles. The molecule has 2 aromatic carbocycles. The Morgan fingerprint density at radius 3 is 1.85 bits per heavy atom. The van der Waals surface area contributed by atoms with Crippen molar-refractivity contribution in [1.29, 1.82) is 0 Å². The molecule has 0 aromatic heterocycles. The second-order valence-electron chi connectivity index (χ2n) is 9.13. The first-order valence-electron chi connectivity index (χ1n) is 9.22. The molecule has 0 saturated carbocycles.